The summed E-state index contributed by atoms with van der Waals surface area (Å²) in [6, 6.07) is 2.94. The first-order valence-corrected chi connectivity index (χ1v) is 6.56. The lowest BCUT2D eigenvalue weighted by Gasteiger charge is -2.20. The molecule has 0 aliphatic heterocycles. The number of benzene rings is 1. The van der Waals surface area contributed by atoms with E-state index in [9.17, 15) is 19.7 Å². The monoisotopic (exact) mass is 314 g/mol. The number of halogens is 1. The van der Waals surface area contributed by atoms with Crippen molar-refractivity contribution in [3.05, 3.63) is 38.9 Å². The van der Waals surface area contributed by atoms with Gasteiger partial charge in [-0.2, -0.15) is 0 Å². The van der Waals surface area contributed by atoms with E-state index in [-0.39, 0.29) is 28.6 Å². The molecule has 0 fully saturated rings. The van der Waals surface area contributed by atoms with Gasteiger partial charge in [0.2, 0.25) is 0 Å². The number of carbonyl (C=O) groups is 2. The van der Waals surface area contributed by atoms with Crippen LogP contribution in [-0.4, -0.2) is 27.9 Å². The zero-order valence-electron chi connectivity index (χ0n) is 11.5. The second-order valence-electron chi connectivity index (χ2n) is 4.84. The van der Waals surface area contributed by atoms with E-state index in [0.717, 1.165) is 6.07 Å². The third-order valence-electron chi connectivity index (χ3n) is 2.92. The van der Waals surface area contributed by atoms with Gasteiger partial charge in [0.15, 0.2) is 0 Å². The van der Waals surface area contributed by atoms with Crippen LogP contribution in [0, 0.1) is 16.0 Å². The second kappa shape index (κ2) is 7.03. The Bertz CT molecular complexity index is 574. The van der Waals surface area contributed by atoms with Gasteiger partial charge >= 0.3 is 5.97 Å². The third-order valence-corrected chi connectivity index (χ3v) is 3.24. The quantitative estimate of drug-likeness (QED) is 0.619. The molecule has 0 saturated heterocycles. The molecule has 1 aromatic carbocycles. The fraction of sp³-hybridized carbons (Fsp3) is 0.385. The minimum absolute atomic E-state index is 0.0560. The summed E-state index contributed by atoms with van der Waals surface area (Å²) >= 11 is 5.86. The number of nitrogens with zero attached hydrogens (tertiary/aromatic N) is 1. The minimum Gasteiger partial charge on any atom is -0.481 e. The number of carbonyl (C=O) groups excluding carboxylic acids is 1. The van der Waals surface area contributed by atoms with Gasteiger partial charge in [0, 0.05) is 18.2 Å². The van der Waals surface area contributed by atoms with Crippen molar-refractivity contribution in [2.75, 3.05) is 0 Å². The Balaban J connectivity index is 2.92. The summed E-state index contributed by atoms with van der Waals surface area (Å²) in [6.45, 7) is 3.57. The van der Waals surface area contributed by atoms with Crippen LogP contribution >= 0.6 is 11.6 Å². The fourth-order valence-corrected chi connectivity index (χ4v) is 1.95. The van der Waals surface area contributed by atoms with Crippen LogP contribution in [0.3, 0.4) is 0 Å². The summed E-state index contributed by atoms with van der Waals surface area (Å²) < 4.78 is 0. The molecule has 0 heterocycles. The van der Waals surface area contributed by atoms with Crippen molar-refractivity contribution in [3.63, 3.8) is 0 Å². The standard InChI is InChI=1S/C13H15ClN2O5/c1-7(2)11(6-12(17)18)15-13(19)9-4-3-8(16(20)21)5-10(9)14/h3-5,7,11H,6H2,1-2H3,(H,15,19)(H,17,18). The molecule has 0 saturated carbocycles. The van der Waals surface area contributed by atoms with E-state index in [0.29, 0.717) is 0 Å². The van der Waals surface area contributed by atoms with E-state index >= 15 is 0 Å². The van der Waals surface area contributed by atoms with Crippen molar-refractivity contribution in [3.8, 4) is 0 Å². The Morgan fingerprint density at radius 1 is 1.43 bits per heavy atom. The summed E-state index contributed by atoms with van der Waals surface area (Å²) in [6.07, 6.45) is -0.214. The maximum Gasteiger partial charge on any atom is 0.305 e. The van der Waals surface area contributed by atoms with Crippen LogP contribution in [0.1, 0.15) is 30.6 Å². The van der Waals surface area contributed by atoms with Crippen molar-refractivity contribution in [2.45, 2.75) is 26.3 Å². The van der Waals surface area contributed by atoms with Gasteiger partial charge in [0.25, 0.3) is 11.6 Å². The number of aliphatic carboxylic acids is 1. The Kier molecular flexibility index (Phi) is 5.66. The molecule has 1 amide bonds. The van der Waals surface area contributed by atoms with Gasteiger partial charge in [-0.3, -0.25) is 19.7 Å². The van der Waals surface area contributed by atoms with Crippen LogP contribution in [0.2, 0.25) is 5.02 Å². The molecule has 0 aliphatic rings. The number of nitrogens with one attached hydrogen (secondary N) is 1. The highest BCUT2D eigenvalue weighted by atomic mass is 35.5. The number of nitro benzene ring substituents is 1. The average Bonchev–Trinajstić information content (AvgIpc) is 2.36. The highest BCUT2D eigenvalue weighted by Gasteiger charge is 2.22. The number of amides is 1. The first-order chi connectivity index (χ1) is 9.72. The highest BCUT2D eigenvalue weighted by Crippen LogP contribution is 2.22. The molecule has 1 aromatic rings. The smallest absolute Gasteiger partial charge is 0.305 e. The van der Waals surface area contributed by atoms with Gasteiger partial charge in [-0.05, 0) is 12.0 Å². The van der Waals surface area contributed by atoms with Gasteiger partial charge in [0.05, 0.1) is 21.9 Å². The molecule has 0 aliphatic carbocycles. The lowest BCUT2D eigenvalue weighted by atomic mass is 10.0. The number of hydrogen-bond donors (Lipinski definition) is 2. The van der Waals surface area contributed by atoms with Gasteiger partial charge in [-0.1, -0.05) is 25.4 Å². The minimum atomic E-state index is -1.02. The molecule has 7 nitrogen and oxygen atoms in total. The Hall–Kier alpha value is -2.15. The zero-order valence-corrected chi connectivity index (χ0v) is 12.3. The van der Waals surface area contributed by atoms with E-state index in [1.807, 2.05) is 0 Å². The lowest BCUT2D eigenvalue weighted by molar-refractivity contribution is -0.384. The number of carboxylic acid groups (broad SMARTS) is 1. The molecule has 1 rings (SSSR count). The Morgan fingerprint density at radius 2 is 2.05 bits per heavy atom. The van der Waals surface area contributed by atoms with E-state index < -0.39 is 22.8 Å². The van der Waals surface area contributed by atoms with E-state index in [4.69, 9.17) is 16.7 Å². The summed E-state index contributed by atoms with van der Waals surface area (Å²) in [5, 5.41) is 21.9. The first-order valence-electron chi connectivity index (χ1n) is 6.19. The predicted molar refractivity (Wildman–Crippen MR) is 76.5 cm³/mol. The van der Waals surface area contributed by atoms with Crippen molar-refractivity contribution >= 4 is 29.2 Å². The van der Waals surface area contributed by atoms with Crippen LogP contribution in [0.4, 0.5) is 5.69 Å². The second-order valence-corrected chi connectivity index (χ2v) is 5.25. The number of carboxylic acids is 1. The molecule has 0 bridgehead atoms. The van der Waals surface area contributed by atoms with Crippen molar-refractivity contribution in [1.82, 2.24) is 5.32 Å². The molecule has 114 valence electrons. The molecular formula is C13H15ClN2O5. The normalized spacial score (nSPS) is 12.0. The summed E-state index contributed by atoms with van der Waals surface area (Å²) in [4.78, 5) is 32.8. The SMILES string of the molecule is CC(C)C(CC(=O)O)NC(=O)c1ccc([N+](=O)[O-])cc1Cl. The third kappa shape index (κ3) is 4.71. The maximum atomic E-state index is 12.1. The highest BCUT2D eigenvalue weighted by molar-refractivity contribution is 6.34. The van der Waals surface area contributed by atoms with Gasteiger partial charge < -0.3 is 10.4 Å². The van der Waals surface area contributed by atoms with Crippen LogP contribution in [0.15, 0.2) is 18.2 Å². The maximum absolute atomic E-state index is 12.1. The van der Waals surface area contributed by atoms with E-state index in [1.54, 1.807) is 13.8 Å². The summed E-state index contributed by atoms with van der Waals surface area (Å²) in [5.41, 5.74) is -0.152. The first kappa shape index (κ1) is 16.9. The molecule has 1 atom stereocenters. The summed E-state index contributed by atoms with van der Waals surface area (Å²) in [5.74, 6) is -1.67. The number of rotatable bonds is 6. The van der Waals surface area contributed by atoms with E-state index in [2.05, 4.69) is 5.32 Å². The summed E-state index contributed by atoms with van der Waals surface area (Å²) in [7, 11) is 0. The topological polar surface area (TPSA) is 110 Å². The van der Waals surface area contributed by atoms with Crippen LogP contribution in [0.5, 0.6) is 0 Å². The van der Waals surface area contributed by atoms with Gasteiger partial charge in [-0.25, -0.2) is 0 Å². The number of hydrogen-bond acceptors (Lipinski definition) is 4. The molecule has 1 unspecified atom stereocenters. The molecular weight excluding hydrogens is 300 g/mol. The zero-order chi connectivity index (χ0) is 16.2. The molecule has 2 N–H and O–H groups in total. The largest absolute Gasteiger partial charge is 0.481 e. The van der Waals surface area contributed by atoms with Crippen molar-refractivity contribution in [2.24, 2.45) is 5.92 Å². The molecule has 0 aromatic heterocycles. The lowest BCUT2D eigenvalue weighted by Crippen LogP contribution is -2.40. The van der Waals surface area contributed by atoms with Gasteiger partial charge in [0.1, 0.15) is 0 Å². The molecule has 21 heavy (non-hydrogen) atoms. The predicted octanol–water partition coefficient (Wildman–Crippen LogP) is 2.48. The van der Waals surface area contributed by atoms with Gasteiger partial charge in [-0.15, -0.1) is 0 Å². The van der Waals surface area contributed by atoms with Crippen LogP contribution in [-0.2, 0) is 4.79 Å². The fourth-order valence-electron chi connectivity index (χ4n) is 1.69. The van der Waals surface area contributed by atoms with E-state index in [1.165, 1.54) is 12.1 Å². The number of nitro groups is 1. The van der Waals surface area contributed by atoms with Crippen molar-refractivity contribution in [1.29, 1.82) is 0 Å². The molecule has 0 spiro atoms. The number of non-ortho nitro benzene ring substituents is 1. The van der Waals surface area contributed by atoms with Crippen LogP contribution in [0.25, 0.3) is 0 Å². The van der Waals surface area contributed by atoms with Crippen LogP contribution < -0.4 is 5.32 Å². The Labute approximate surface area is 126 Å². The van der Waals surface area contributed by atoms with Crippen molar-refractivity contribution < 1.29 is 19.6 Å². The average molecular weight is 315 g/mol. The Morgan fingerprint density at radius 3 is 2.48 bits per heavy atom. The molecule has 8 heteroatoms. The molecule has 0 radical (unpaired) electrons.